The summed E-state index contributed by atoms with van der Waals surface area (Å²) in [5, 5.41) is 6.66. The van der Waals surface area contributed by atoms with E-state index in [9.17, 15) is 8.42 Å². The Bertz CT molecular complexity index is 1280. The van der Waals surface area contributed by atoms with Crippen LogP contribution in [0, 0.1) is 0 Å². The van der Waals surface area contributed by atoms with Crippen LogP contribution < -0.4 is 4.72 Å². The summed E-state index contributed by atoms with van der Waals surface area (Å²) in [6.07, 6.45) is 3.25. The molecule has 0 bridgehead atoms. The van der Waals surface area contributed by atoms with Crippen molar-refractivity contribution in [3.8, 4) is 0 Å². The molecule has 1 N–H and O–H groups in total. The average molecular weight is 420 g/mol. The Hall–Kier alpha value is -3.12. The summed E-state index contributed by atoms with van der Waals surface area (Å²) in [5.74, 6) is 0. The van der Waals surface area contributed by atoms with Crippen molar-refractivity contribution in [1.29, 1.82) is 0 Å². The number of rotatable bonds is 5. The number of fused-ring (bicyclic) bond motifs is 1. The molecule has 6 heteroatoms. The van der Waals surface area contributed by atoms with Gasteiger partial charge in [-0.25, -0.2) is 8.42 Å². The lowest BCUT2D eigenvalue weighted by Crippen LogP contribution is -2.14. The number of nitrogens with zero attached hydrogens (tertiary/aromatic N) is 2. The number of benzene rings is 3. The molecule has 30 heavy (non-hydrogen) atoms. The van der Waals surface area contributed by atoms with Crippen molar-refractivity contribution in [3.05, 3.63) is 90.3 Å². The van der Waals surface area contributed by atoms with Gasteiger partial charge in [-0.05, 0) is 39.4 Å². The van der Waals surface area contributed by atoms with Gasteiger partial charge < -0.3 is 0 Å². The van der Waals surface area contributed by atoms with Gasteiger partial charge in [0.25, 0.3) is 10.0 Å². The summed E-state index contributed by atoms with van der Waals surface area (Å²) in [6.45, 7) is 6.85. The first-order chi connectivity index (χ1) is 14.2. The predicted molar refractivity (Wildman–Crippen MR) is 121 cm³/mol. The van der Waals surface area contributed by atoms with Crippen LogP contribution in [0.3, 0.4) is 0 Å². The van der Waals surface area contributed by atoms with E-state index in [1.165, 1.54) is 11.6 Å². The number of sulfonamides is 1. The monoisotopic (exact) mass is 419 g/mol. The molecule has 0 radical (unpaired) electrons. The predicted octanol–water partition coefficient (Wildman–Crippen LogP) is 5.18. The first kappa shape index (κ1) is 20.2. The Morgan fingerprint density at radius 1 is 0.933 bits per heavy atom. The molecular formula is C24H25N3O2S. The highest BCUT2D eigenvalue weighted by atomic mass is 32.2. The summed E-state index contributed by atoms with van der Waals surface area (Å²) in [6, 6.07) is 21.3. The molecule has 154 valence electrons. The summed E-state index contributed by atoms with van der Waals surface area (Å²) in [7, 11) is -3.67. The molecule has 1 heterocycles. The quantitative estimate of drug-likeness (QED) is 0.485. The zero-order valence-electron chi connectivity index (χ0n) is 17.3. The zero-order chi connectivity index (χ0) is 21.4. The fourth-order valence-corrected chi connectivity index (χ4v) is 4.48. The van der Waals surface area contributed by atoms with Crippen molar-refractivity contribution in [1.82, 2.24) is 9.78 Å². The zero-order valence-corrected chi connectivity index (χ0v) is 18.1. The van der Waals surface area contributed by atoms with Crippen LogP contribution in [0.2, 0.25) is 0 Å². The first-order valence-corrected chi connectivity index (χ1v) is 11.3. The minimum Gasteiger partial charge on any atom is -0.276 e. The highest BCUT2D eigenvalue weighted by molar-refractivity contribution is 7.92. The van der Waals surface area contributed by atoms with Crippen molar-refractivity contribution < 1.29 is 8.42 Å². The van der Waals surface area contributed by atoms with Gasteiger partial charge in [0.15, 0.2) is 0 Å². The molecule has 1 aromatic heterocycles. The highest BCUT2D eigenvalue weighted by Crippen LogP contribution is 2.24. The van der Waals surface area contributed by atoms with E-state index in [4.69, 9.17) is 0 Å². The van der Waals surface area contributed by atoms with E-state index in [1.807, 2.05) is 30.3 Å². The highest BCUT2D eigenvalue weighted by Gasteiger charge is 2.18. The van der Waals surface area contributed by atoms with Gasteiger partial charge in [0.05, 0.1) is 23.3 Å². The van der Waals surface area contributed by atoms with E-state index >= 15 is 0 Å². The van der Waals surface area contributed by atoms with Crippen LogP contribution in [0.4, 0.5) is 5.69 Å². The molecule has 0 aliphatic rings. The second-order valence-electron chi connectivity index (χ2n) is 8.44. The van der Waals surface area contributed by atoms with Gasteiger partial charge in [-0.2, -0.15) is 5.10 Å². The van der Waals surface area contributed by atoms with Crippen LogP contribution in [0.25, 0.3) is 10.8 Å². The van der Waals surface area contributed by atoms with Crippen molar-refractivity contribution >= 4 is 26.5 Å². The molecule has 0 fully saturated rings. The van der Waals surface area contributed by atoms with E-state index in [0.29, 0.717) is 12.2 Å². The number of hydrogen-bond donors (Lipinski definition) is 1. The SMILES string of the molecule is CC(C)(C)c1ccc(S(=O)(=O)Nc2cnn(Cc3cccc4ccccc34)c2)cc1. The molecule has 0 atom stereocenters. The largest absolute Gasteiger partial charge is 0.276 e. The van der Waals surface area contributed by atoms with Gasteiger partial charge in [-0.15, -0.1) is 0 Å². The van der Waals surface area contributed by atoms with Gasteiger partial charge >= 0.3 is 0 Å². The van der Waals surface area contributed by atoms with Gasteiger partial charge in [0.2, 0.25) is 0 Å². The first-order valence-electron chi connectivity index (χ1n) is 9.85. The van der Waals surface area contributed by atoms with Crippen molar-refractivity contribution in [2.75, 3.05) is 4.72 Å². The van der Waals surface area contributed by atoms with Gasteiger partial charge in [-0.3, -0.25) is 9.40 Å². The molecule has 0 amide bonds. The standard InChI is InChI=1S/C24H25N3O2S/c1-24(2,3)20-11-13-22(14-12-20)30(28,29)26-21-15-25-27(17-21)16-19-9-6-8-18-7-4-5-10-23(18)19/h4-15,17,26H,16H2,1-3H3. The fourth-order valence-electron chi connectivity index (χ4n) is 3.46. The Morgan fingerprint density at radius 2 is 1.63 bits per heavy atom. The lowest BCUT2D eigenvalue weighted by Gasteiger charge is -2.19. The molecule has 0 aliphatic carbocycles. The maximum atomic E-state index is 12.8. The third-order valence-electron chi connectivity index (χ3n) is 5.13. The third kappa shape index (κ3) is 4.24. The summed E-state index contributed by atoms with van der Waals surface area (Å²) in [4.78, 5) is 0.234. The Labute approximate surface area is 177 Å². The average Bonchev–Trinajstić information content (AvgIpc) is 3.14. The van der Waals surface area contributed by atoms with Crippen LogP contribution in [0.15, 0.2) is 84.0 Å². The summed E-state index contributed by atoms with van der Waals surface area (Å²) >= 11 is 0. The molecule has 0 spiro atoms. The molecule has 0 saturated carbocycles. The Kier molecular flexibility index (Phi) is 5.12. The third-order valence-corrected chi connectivity index (χ3v) is 6.53. The van der Waals surface area contributed by atoms with E-state index in [2.05, 4.69) is 54.9 Å². The topological polar surface area (TPSA) is 64.0 Å². The molecular weight excluding hydrogens is 394 g/mol. The molecule has 3 aromatic carbocycles. The van der Waals surface area contributed by atoms with Gasteiger partial charge in [0.1, 0.15) is 0 Å². The van der Waals surface area contributed by atoms with Crippen LogP contribution >= 0.6 is 0 Å². The maximum Gasteiger partial charge on any atom is 0.261 e. The molecule has 4 aromatic rings. The van der Waals surface area contributed by atoms with E-state index in [0.717, 1.165) is 16.5 Å². The van der Waals surface area contributed by atoms with Crippen LogP contribution in [0.1, 0.15) is 31.9 Å². The second kappa shape index (κ2) is 7.61. The molecule has 0 saturated heterocycles. The summed E-state index contributed by atoms with van der Waals surface area (Å²) in [5.41, 5.74) is 2.63. The minimum absolute atomic E-state index is 0.0293. The fraction of sp³-hybridized carbons (Fsp3) is 0.208. The van der Waals surface area contributed by atoms with Crippen LogP contribution in [-0.4, -0.2) is 18.2 Å². The number of aromatic nitrogens is 2. The minimum atomic E-state index is -3.67. The van der Waals surface area contributed by atoms with Crippen molar-refractivity contribution in [2.45, 2.75) is 37.6 Å². The lowest BCUT2D eigenvalue weighted by atomic mass is 9.87. The van der Waals surface area contributed by atoms with Gasteiger partial charge in [0, 0.05) is 6.20 Å². The number of anilines is 1. The van der Waals surface area contributed by atoms with Crippen molar-refractivity contribution in [3.63, 3.8) is 0 Å². The number of nitrogens with one attached hydrogen (secondary N) is 1. The second-order valence-corrected chi connectivity index (χ2v) is 10.1. The molecule has 0 aliphatic heterocycles. The van der Waals surface area contributed by atoms with Gasteiger partial charge in [-0.1, -0.05) is 75.4 Å². The van der Waals surface area contributed by atoms with E-state index < -0.39 is 10.0 Å². The molecule has 0 unspecified atom stereocenters. The smallest absolute Gasteiger partial charge is 0.261 e. The van der Waals surface area contributed by atoms with E-state index in [-0.39, 0.29) is 10.3 Å². The summed E-state index contributed by atoms with van der Waals surface area (Å²) < 4.78 is 29.9. The van der Waals surface area contributed by atoms with Crippen LogP contribution in [0.5, 0.6) is 0 Å². The maximum absolute atomic E-state index is 12.8. The number of hydrogen-bond acceptors (Lipinski definition) is 3. The van der Waals surface area contributed by atoms with E-state index in [1.54, 1.807) is 23.0 Å². The lowest BCUT2D eigenvalue weighted by molar-refractivity contribution is 0.587. The normalized spacial score (nSPS) is 12.2. The Morgan fingerprint density at radius 3 is 2.37 bits per heavy atom. The molecule has 4 rings (SSSR count). The molecule has 5 nitrogen and oxygen atoms in total. The van der Waals surface area contributed by atoms with Crippen LogP contribution in [-0.2, 0) is 22.0 Å². The van der Waals surface area contributed by atoms with Crippen molar-refractivity contribution in [2.24, 2.45) is 0 Å². The Balaban J connectivity index is 1.52.